The summed E-state index contributed by atoms with van der Waals surface area (Å²) < 4.78 is 12.9. The maximum absolute atomic E-state index is 12.9. The highest BCUT2D eigenvalue weighted by Gasteiger charge is 2.29. The molecule has 0 saturated carbocycles. The predicted octanol–water partition coefficient (Wildman–Crippen LogP) is 2.38. The van der Waals surface area contributed by atoms with Crippen molar-refractivity contribution in [1.82, 2.24) is 5.32 Å². The number of benzene rings is 1. The molecule has 1 fully saturated rings. The molecule has 1 aliphatic heterocycles. The number of rotatable bonds is 2. The molecule has 0 bridgehead atoms. The minimum atomic E-state index is -0.190. The Morgan fingerprint density at radius 1 is 1.47 bits per heavy atom. The fraction of sp³-hybridized carbons (Fsp3) is 0.500. The van der Waals surface area contributed by atoms with Gasteiger partial charge < -0.3 is 10.6 Å². The molecule has 82 valence electrons. The molecule has 3 heteroatoms. The van der Waals surface area contributed by atoms with Gasteiger partial charge in [0.25, 0.3) is 0 Å². The summed E-state index contributed by atoms with van der Waals surface area (Å²) in [4.78, 5) is 0. The van der Waals surface area contributed by atoms with E-state index < -0.39 is 0 Å². The van der Waals surface area contributed by atoms with Crippen LogP contribution >= 0.6 is 0 Å². The fourth-order valence-electron chi connectivity index (χ4n) is 2.08. The SMILES string of the molecule is CC1(C)CC(Nc2cccc(F)c2)CN1. The summed E-state index contributed by atoms with van der Waals surface area (Å²) in [6.45, 7) is 5.30. The van der Waals surface area contributed by atoms with E-state index in [1.165, 1.54) is 12.1 Å². The predicted molar refractivity (Wildman–Crippen MR) is 60.5 cm³/mol. The van der Waals surface area contributed by atoms with Crippen LogP contribution in [0.25, 0.3) is 0 Å². The van der Waals surface area contributed by atoms with Crippen LogP contribution in [0.3, 0.4) is 0 Å². The normalized spacial score (nSPS) is 24.1. The van der Waals surface area contributed by atoms with Crippen LogP contribution in [-0.2, 0) is 0 Å². The molecule has 2 N–H and O–H groups in total. The first kappa shape index (κ1) is 10.4. The van der Waals surface area contributed by atoms with Gasteiger partial charge in [0.2, 0.25) is 0 Å². The van der Waals surface area contributed by atoms with Crippen molar-refractivity contribution in [3.63, 3.8) is 0 Å². The summed E-state index contributed by atoms with van der Waals surface area (Å²) in [6, 6.07) is 7.01. The monoisotopic (exact) mass is 208 g/mol. The van der Waals surface area contributed by atoms with Crippen molar-refractivity contribution in [3.8, 4) is 0 Å². The van der Waals surface area contributed by atoms with Gasteiger partial charge in [-0.25, -0.2) is 4.39 Å². The van der Waals surface area contributed by atoms with Crippen LogP contribution in [0.4, 0.5) is 10.1 Å². The largest absolute Gasteiger partial charge is 0.381 e. The lowest BCUT2D eigenvalue weighted by Gasteiger charge is -2.18. The third-order valence-electron chi connectivity index (χ3n) is 2.78. The lowest BCUT2D eigenvalue weighted by atomic mass is 10.0. The number of nitrogens with one attached hydrogen (secondary N) is 2. The van der Waals surface area contributed by atoms with Crippen LogP contribution < -0.4 is 10.6 Å². The minimum Gasteiger partial charge on any atom is -0.381 e. The molecular formula is C12H17FN2. The van der Waals surface area contributed by atoms with Gasteiger partial charge in [0.05, 0.1) is 0 Å². The summed E-state index contributed by atoms with van der Waals surface area (Å²) in [6.07, 6.45) is 1.06. The molecule has 2 rings (SSSR count). The topological polar surface area (TPSA) is 24.1 Å². The van der Waals surface area contributed by atoms with Crippen LogP contribution in [-0.4, -0.2) is 18.1 Å². The van der Waals surface area contributed by atoms with Crippen molar-refractivity contribution in [2.45, 2.75) is 31.8 Å². The second kappa shape index (κ2) is 3.81. The Morgan fingerprint density at radius 3 is 2.87 bits per heavy atom. The molecule has 1 unspecified atom stereocenters. The minimum absolute atomic E-state index is 0.186. The molecule has 1 heterocycles. The van der Waals surface area contributed by atoms with E-state index in [-0.39, 0.29) is 11.4 Å². The molecule has 0 radical (unpaired) electrons. The molecule has 0 aromatic heterocycles. The number of hydrogen-bond acceptors (Lipinski definition) is 2. The second-order valence-corrected chi connectivity index (χ2v) is 4.82. The van der Waals surface area contributed by atoms with Gasteiger partial charge in [-0.1, -0.05) is 6.07 Å². The molecule has 1 saturated heterocycles. The summed E-state index contributed by atoms with van der Waals surface area (Å²) in [5.74, 6) is -0.190. The van der Waals surface area contributed by atoms with Crippen LogP contribution in [0.15, 0.2) is 24.3 Å². The molecule has 2 nitrogen and oxygen atoms in total. The smallest absolute Gasteiger partial charge is 0.125 e. The highest BCUT2D eigenvalue weighted by Crippen LogP contribution is 2.21. The van der Waals surface area contributed by atoms with Crippen molar-refractivity contribution >= 4 is 5.69 Å². The van der Waals surface area contributed by atoms with Gasteiger partial charge in [-0.05, 0) is 38.5 Å². The Morgan fingerprint density at radius 2 is 2.27 bits per heavy atom. The summed E-state index contributed by atoms with van der Waals surface area (Å²) in [5, 5.41) is 6.76. The average Bonchev–Trinajstić information content (AvgIpc) is 2.45. The summed E-state index contributed by atoms with van der Waals surface area (Å²) in [7, 11) is 0. The second-order valence-electron chi connectivity index (χ2n) is 4.82. The maximum atomic E-state index is 12.9. The molecule has 0 aliphatic carbocycles. The van der Waals surface area contributed by atoms with Crippen LogP contribution in [0.2, 0.25) is 0 Å². The molecule has 1 aliphatic rings. The van der Waals surface area contributed by atoms with Crippen LogP contribution in [0.5, 0.6) is 0 Å². The Labute approximate surface area is 89.9 Å². The van der Waals surface area contributed by atoms with E-state index in [1.54, 1.807) is 6.07 Å². The van der Waals surface area contributed by atoms with E-state index in [9.17, 15) is 4.39 Å². The first-order chi connectivity index (χ1) is 7.05. The van der Waals surface area contributed by atoms with Gasteiger partial charge in [-0.2, -0.15) is 0 Å². The number of halogens is 1. The average molecular weight is 208 g/mol. The molecule has 1 aromatic carbocycles. The third-order valence-corrected chi connectivity index (χ3v) is 2.78. The van der Waals surface area contributed by atoms with Crippen molar-refractivity contribution in [1.29, 1.82) is 0 Å². The molecule has 1 aromatic rings. The third kappa shape index (κ3) is 2.69. The number of hydrogen-bond donors (Lipinski definition) is 2. The van der Waals surface area contributed by atoms with Crippen molar-refractivity contribution in [2.75, 3.05) is 11.9 Å². The van der Waals surface area contributed by atoms with Crippen molar-refractivity contribution in [3.05, 3.63) is 30.1 Å². The van der Waals surface area contributed by atoms with Crippen LogP contribution in [0, 0.1) is 5.82 Å². The highest BCUT2D eigenvalue weighted by molar-refractivity contribution is 5.44. The van der Waals surface area contributed by atoms with E-state index in [0.717, 1.165) is 18.7 Å². The quantitative estimate of drug-likeness (QED) is 0.779. The molecule has 0 spiro atoms. The van der Waals surface area contributed by atoms with E-state index in [4.69, 9.17) is 0 Å². The molecule has 15 heavy (non-hydrogen) atoms. The van der Waals surface area contributed by atoms with Gasteiger partial charge in [-0.15, -0.1) is 0 Å². The summed E-state index contributed by atoms with van der Waals surface area (Å²) in [5.41, 5.74) is 1.05. The standard InChI is InChI=1S/C12H17FN2/c1-12(2)7-11(8-14-12)15-10-5-3-4-9(13)6-10/h3-6,11,14-15H,7-8H2,1-2H3. The maximum Gasteiger partial charge on any atom is 0.125 e. The Balaban J connectivity index is 1.99. The highest BCUT2D eigenvalue weighted by atomic mass is 19.1. The molecule has 0 amide bonds. The van der Waals surface area contributed by atoms with Gasteiger partial charge in [-0.3, -0.25) is 0 Å². The zero-order valence-corrected chi connectivity index (χ0v) is 9.18. The molecular weight excluding hydrogens is 191 g/mol. The first-order valence-corrected chi connectivity index (χ1v) is 5.32. The first-order valence-electron chi connectivity index (χ1n) is 5.32. The Bertz CT molecular complexity index is 349. The van der Waals surface area contributed by atoms with E-state index in [1.807, 2.05) is 6.07 Å². The molecule has 1 atom stereocenters. The van der Waals surface area contributed by atoms with Gasteiger partial charge in [0.1, 0.15) is 5.82 Å². The van der Waals surface area contributed by atoms with Crippen LogP contribution in [0.1, 0.15) is 20.3 Å². The van der Waals surface area contributed by atoms with Crippen molar-refractivity contribution in [2.24, 2.45) is 0 Å². The van der Waals surface area contributed by atoms with Gasteiger partial charge in [0.15, 0.2) is 0 Å². The lowest BCUT2D eigenvalue weighted by Crippen LogP contribution is -2.31. The lowest BCUT2D eigenvalue weighted by molar-refractivity contribution is 0.457. The zero-order chi connectivity index (χ0) is 10.9. The van der Waals surface area contributed by atoms with Gasteiger partial charge >= 0.3 is 0 Å². The fourth-order valence-corrected chi connectivity index (χ4v) is 2.08. The summed E-state index contributed by atoms with van der Waals surface area (Å²) >= 11 is 0. The zero-order valence-electron chi connectivity index (χ0n) is 9.18. The van der Waals surface area contributed by atoms with E-state index in [0.29, 0.717) is 6.04 Å². The van der Waals surface area contributed by atoms with Gasteiger partial charge in [0, 0.05) is 23.8 Å². The number of anilines is 1. The Kier molecular flexibility index (Phi) is 2.65. The Hall–Kier alpha value is -1.09. The van der Waals surface area contributed by atoms with E-state index >= 15 is 0 Å². The van der Waals surface area contributed by atoms with Crippen molar-refractivity contribution < 1.29 is 4.39 Å². The van der Waals surface area contributed by atoms with E-state index in [2.05, 4.69) is 24.5 Å².